The van der Waals surface area contributed by atoms with Gasteiger partial charge in [0.15, 0.2) is 0 Å². The lowest BCUT2D eigenvalue weighted by atomic mass is 10.1. The number of hydrogen-bond donors (Lipinski definition) is 2. The lowest BCUT2D eigenvalue weighted by molar-refractivity contribution is -0.122. The van der Waals surface area contributed by atoms with Crippen LogP contribution in [0, 0.1) is 0 Å². The Morgan fingerprint density at radius 2 is 2.11 bits per heavy atom. The van der Waals surface area contributed by atoms with Crippen LogP contribution < -0.4 is 5.32 Å². The second-order valence-corrected chi connectivity index (χ2v) is 4.34. The van der Waals surface area contributed by atoms with Gasteiger partial charge in [-0.15, -0.1) is 0 Å². The van der Waals surface area contributed by atoms with Crippen LogP contribution in [0.15, 0.2) is 48.8 Å². The van der Waals surface area contributed by atoms with Crippen molar-refractivity contribution in [2.75, 3.05) is 6.61 Å². The van der Waals surface area contributed by atoms with Gasteiger partial charge < -0.3 is 10.4 Å². The first-order valence-electron chi connectivity index (χ1n) is 6.19. The highest BCUT2D eigenvalue weighted by Gasteiger charge is 2.12. The predicted octanol–water partition coefficient (Wildman–Crippen LogP) is 0.603. The van der Waals surface area contributed by atoms with Crippen molar-refractivity contribution in [3.05, 3.63) is 54.4 Å². The van der Waals surface area contributed by atoms with E-state index in [1.165, 1.54) is 0 Å². The predicted molar refractivity (Wildman–Crippen MR) is 71.4 cm³/mol. The summed E-state index contributed by atoms with van der Waals surface area (Å²) < 4.78 is 1.55. The molecule has 0 saturated heterocycles. The van der Waals surface area contributed by atoms with Crippen molar-refractivity contribution in [1.29, 1.82) is 0 Å². The van der Waals surface area contributed by atoms with E-state index >= 15 is 0 Å². The number of carbonyl (C=O) groups is 1. The Labute approximate surface area is 111 Å². The zero-order valence-electron chi connectivity index (χ0n) is 10.6. The molecule has 0 bridgehead atoms. The number of nitrogens with one attached hydrogen (secondary N) is 1. The van der Waals surface area contributed by atoms with E-state index < -0.39 is 0 Å². The molecule has 0 aliphatic heterocycles. The Balaban J connectivity index is 1.86. The van der Waals surface area contributed by atoms with Crippen LogP contribution >= 0.6 is 0 Å². The van der Waals surface area contributed by atoms with Crippen molar-refractivity contribution in [2.45, 2.75) is 19.0 Å². The number of nitrogens with zero attached hydrogens (tertiary/aromatic N) is 2. The second-order valence-electron chi connectivity index (χ2n) is 4.34. The molecule has 19 heavy (non-hydrogen) atoms. The van der Waals surface area contributed by atoms with E-state index in [1.54, 1.807) is 23.1 Å². The molecule has 0 saturated carbocycles. The molecule has 0 aliphatic rings. The molecule has 0 aliphatic carbocycles. The summed E-state index contributed by atoms with van der Waals surface area (Å²) in [7, 11) is 0. The Morgan fingerprint density at radius 1 is 1.32 bits per heavy atom. The van der Waals surface area contributed by atoms with Gasteiger partial charge >= 0.3 is 0 Å². The Morgan fingerprint density at radius 3 is 2.74 bits per heavy atom. The standard InChI is InChI=1S/C14H17N3O2/c18-11-13(9-12-5-2-1-3-6-12)16-14(19)10-17-8-4-7-15-17/h1-8,13,18H,9-11H2,(H,16,19). The van der Waals surface area contributed by atoms with Crippen molar-refractivity contribution in [3.8, 4) is 0 Å². The molecular formula is C14H17N3O2. The summed E-state index contributed by atoms with van der Waals surface area (Å²) in [4.78, 5) is 11.8. The molecule has 1 aromatic heterocycles. The van der Waals surface area contributed by atoms with Crippen LogP contribution in [-0.2, 0) is 17.8 Å². The average Bonchev–Trinajstić information content (AvgIpc) is 2.92. The molecule has 0 fully saturated rings. The molecular weight excluding hydrogens is 242 g/mol. The van der Waals surface area contributed by atoms with E-state index in [-0.39, 0.29) is 25.1 Å². The number of aliphatic hydroxyl groups excluding tert-OH is 1. The molecule has 1 atom stereocenters. The zero-order valence-corrected chi connectivity index (χ0v) is 10.6. The summed E-state index contributed by atoms with van der Waals surface area (Å²) >= 11 is 0. The van der Waals surface area contributed by atoms with Crippen LogP contribution in [0.25, 0.3) is 0 Å². The first-order chi connectivity index (χ1) is 9.28. The van der Waals surface area contributed by atoms with E-state index in [0.717, 1.165) is 5.56 Å². The molecule has 1 aromatic carbocycles. The number of hydrogen-bond acceptors (Lipinski definition) is 3. The lowest BCUT2D eigenvalue weighted by Gasteiger charge is -2.16. The Bertz CT molecular complexity index is 497. The van der Waals surface area contributed by atoms with Crippen molar-refractivity contribution < 1.29 is 9.90 Å². The quantitative estimate of drug-likeness (QED) is 0.798. The van der Waals surface area contributed by atoms with E-state index in [9.17, 15) is 9.90 Å². The fraction of sp³-hybridized carbons (Fsp3) is 0.286. The number of aromatic nitrogens is 2. The van der Waals surface area contributed by atoms with Gasteiger partial charge in [0.05, 0.1) is 12.6 Å². The third-order valence-corrected chi connectivity index (χ3v) is 2.78. The molecule has 1 heterocycles. The summed E-state index contributed by atoms with van der Waals surface area (Å²) in [6, 6.07) is 11.3. The molecule has 100 valence electrons. The van der Waals surface area contributed by atoms with Gasteiger partial charge in [0.2, 0.25) is 5.91 Å². The zero-order chi connectivity index (χ0) is 13.5. The number of carbonyl (C=O) groups excluding carboxylic acids is 1. The molecule has 5 nitrogen and oxygen atoms in total. The smallest absolute Gasteiger partial charge is 0.242 e. The fourth-order valence-corrected chi connectivity index (χ4v) is 1.87. The molecule has 0 spiro atoms. The number of amides is 1. The van der Waals surface area contributed by atoms with Gasteiger partial charge in [-0.05, 0) is 18.1 Å². The van der Waals surface area contributed by atoms with Crippen molar-refractivity contribution in [3.63, 3.8) is 0 Å². The van der Waals surface area contributed by atoms with Gasteiger partial charge in [0.1, 0.15) is 6.54 Å². The van der Waals surface area contributed by atoms with Gasteiger partial charge in [0, 0.05) is 12.4 Å². The molecule has 1 unspecified atom stereocenters. The van der Waals surface area contributed by atoms with Crippen LogP contribution in [0.5, 0.6) is 0 Å². The summed E-state index contributed by atoms with van der Waals surface area (Å²) in [6.45, 7) is 0.0814. The summed E-state index contributed by atoms with van der Waals surface area (Å²) in [5, 5.41) is 16.1. The fourth-order valence-electron chi connectivity index (χ4n) is 1.87. The van der Waals surface area contributed by atoms with Gasteiger partial charge in [-0.3, -0.25) is 9.48 Å². The maximum absolute atomic E-state index is 11.8. The number of benzene rings is 1. The SMILES string of the molecule is O=C(Cn1cccn1)NC(CO)Cc1ccccc1. The minimum atomic E-state index is -0.273. The molecule has 5 heteroatoms. The van der Waals surface area contributed by atoms with Gasteiger partial charge in [-0.2, -0.15) is 5.10 Å². The lowest BCUT2D eigenvalue weighted by Crippen LogP contribution is -2.40. The van der Waals surface area contributed by atoms with E-state index in [1.807, 2.05) is 30.3 Å². The van der Waals surface area contributed by atoms with Gasteiger partial charge in [0.25, 0.3) is 0 Å². The van der Waals surface area contributed by atoms with Crippen molar-refractivity contribution in [2.24, 2.45) is 0 Å². The third kappa shape index (κ3) is 4.22. The van der Waals surface area contributed by atoms with Crippen LogP contribution in [0.2, 0.25) is 0 Å². The maximum atomic E-state index is 11.8. The summed E-state index contributed by atoms with van der Waals surface area (Å²) in [5.74, 6) is -0.154. The number of rotatable bonds is 6. The topological polar surface area (TPSA) is 67.2 Å². The monoisotopic (exact) mass is 259 g/mol. The average molecular weight is 259 g/mol. The highest BCUT2D eigenvalue weighted by molar-refractivity contribution is 5.76. The van der Waals surface area contributed by atoms with E-state index in [2.05, 4.69) is 10.4 Å². The Kier molecular flexibility index (Phi) is 4.69. The normalized spacial score (nSPS) is 12.1. The molecule has 2 N–H and O–H groups in total. The minimum Gasteiger partial charge on any atom is -0.394 e. The molecule has 1 amide bonds. The third-order valence-electron chi connectivity index (χ3n) is 2.78. The first kappa shape index (κ1) is 13.3. The van der Waals surface area contributed by atoms with Gasteiger partial charge in [-0.1, -0.05) is 30.3 Å². The summed E-state index contributed by atoms with van der Waals surface area (Å²) in [5.41, 5.74) is 1.08. The maximum Gasteiger partial charge on any atom is 0.242 e. The molecule has 0 radical (unpaired) electrons. The highest BCUT2D eigenvalue weighted by atomic mass is 16.3. The largest absolute Gasteiger partial charge is 0.394 e. The highest BCUT2D eigenvalue weighted by Crippen LogP contribution is 2.03. The van der Waals surface area contributed by atoms with E-state index in [0.29, 0.717) is 6.42 Å². The van der Waals surface area contributed by atoms with Crippen LogP contribution in [0.1, 0.15) is 5.56 Å². The van der Waals surface area contributed by atoms with Gasteiger partial charge in [-0.25, -0.2) is 0 Å². The Hall–Kier alpha value is -2.14. The molecule has 2 rings (SSSR count). The van der Waals surface area contributed by atoms with Crippen molar-refractivity contribution in [1.82, 2.24) is 15.1 Å². The number of aliphatic hydroxyl groups is 1. The molecule has 2 aromatic rings. The van der Waals surface area contributed by atoms with Crippen LogP contribution in [0.4, 0.5) is 0 Å². The second kappa shape index (κ2) is 6.70. The van der Waals surface area contributed by atoms with Crippen LogP contribution in [-0.4, -0.2) is 33.4 Å². The summed E-state index contributed by atoms with van der Waals surface area (Å²) in [6.07, 6.45) is 3.97. The van der Waals surface area contributed by atoms with E-state index in [4.69, 9.17) is 0 Å². The van der Waals surface area contributed by atoms with Crippen LogP contribution in [0.3, 0.4) is 0 Å². The van der Waals surface area contributed by atoms with Crippen molar-refractivity contribution >= 4 is 5.91 Å². The minimum absolute atomic E-state index is 0.0836. The first-order valence-corrected chi connectivity index (χ1v) is 6.19.